The molecule has 0 spiro atoms. The molecule has 0 radical (unpaired) electrons. The Morgan fingerprint density at radius 3 is 2.71 bits per heavy atom. The SMILES string of the molecule is CCCCCS(=O)(=O)c1ccc(Br)c(C)c1C1=NOCC1. The van der Waals surface area contributed by atoms with Crippen LogP contribution in [0, 0.1) is 6.92 Å². The van der Waals surface area contributed by atoms with Gasteiger partial charge in [-0.25, -0.2) is 8.42 Å². The zero-order valence-corrected chi connectivity index (χ0v) is 14.8. The van der Waals surface area contributed by atoms with E-state index in [2.05, 4.69) is 28.0 Å². The first kappa shape index (κ1) is 16.5. The van der Waals surface area contributed by atoms with Crippen molar-refractivity contribution in [1.82, 2.24) is 0 Å². The summed E-state index contributed by atoms with van der Waals surface area (Å²) in [6, 6.07) is 3.47. The van der Waals surface area contributed by atoms with Gasteiger partial charge in [0.1, 0.15) is 6.61 Å². The van der Waals surface area contributed by atoms with Crippen LogP contribution >= 0.6 is 15.9 Å². The summed E-state index contributed by atoms with van der Waals surface area (Å²) in [5, 5.41) is 4.01. The van der Waals surface area contributed by atoms with Gasteiger partial charge in [0, 0.05) is 16.5 Å². The van der Waals surface area contributed by atoms with Gasteiger partial charge in [-0.1, -0.05) is 40.9 Å². The lowest BCUT2D eigenvalue weighted by Crippen LogP contribution is -2.14. The van der Waals surface area contributed by atoms with Crippen molar-refractivity contribution in [3.05, 3.63) is 27.7 Å². The molecular weight excluding hydrogens is 354 g/mol. The molecule has 116 valence electrons. The van der Waals surface area contributed by atoms with Crippen LogP contribution < -0.4 is 0 Å². The third kappa shape index (κ3) is 3.66. The molecule has 0 aromatic heterocycles. The minimum Gasteiger partial charge on any atom is -0.395 e. The highest BCUT2D eigenvalue weighted by Gasteiger charge is 2.25. The van der Waals surface area contributed by atoms with Crippen molar-refractivity contribution in [1.29, 1.82) is 0 Å². The maximum atomic E-state index is 12.6. The Morgan fingerprint density at radius 2 is 2.10 bits per heavy atom. The summed E-state index contributed by atoms with van der Waals surface area (Å²) < 4.78 is 26.2. The number of sulfone groups is 1. The summed E-state index contributed by atoms with van der Waals surface area (Å²) in [5.74, 6) is 0.184. The molecule has 0 amide bonds. The molecule has 1 heterocycles. The Hall–Kier alpha value is -0.880. The van der Waals surface area contributed by atoms with Gasteiger partial charge in [-0.15, -0.1) is 0 Å². The molecule has 0 unspecified atom stereocenters. The Bertz CT molecular complexity index is 653. The molecule has 6 heteroatoms. The monoisotopic (exact) mass is 373 g/mol. The molecule has 2 rings (SSSR count). The summed E-state index contributed by atoms with van der Waals surface area (Å²) in [5.41, 5.74) is 2.33. The van der Waals surface area contributed by atoms with Gasteiger partial charge in [0.2, 0.25) is 0 Å². The third-order valence-corrected chi connectivity index (χ3v) is 6.30. The number of halogens is 1. The van der Waals surface area contributed by atoms with Crippen LogP contribution in [0.5, 0.6) is 0 Å². The summed E-state index contributed by atoms with van der Waals surface area (Å²) in [4.78, 5) is 5.43. The molecule has 4 nitrogen and oxygen atoms in total. The highest BCUT2D eigenvalue weighted by atomic mass is 79.9. The van der Waals surface area contributed by atoms with Crippen molar-refractivity contribution in [2.75, 3.05) is 12.4 Å². The van der Waals surface area contributed by atoms with E-state index in [1.54, 1.807) is 12.1 Å². The molecule has 0 aliphatic carbocycles. The highest BCUT2D eigenvalue weighted by molar-refractivity contribution is 9.10. The maximum absolute atomic E-state index is 12.6. The van der Waals surface area contributed by atoms with Crippen LogP contribution in [0.2, 0.25) is 0 Å². The second-order valence-electron chi connectivity index (χ2n) is 5.19. The average molecular weight is 374 g/mol. The predicted octanol–water partition coefficient (Wildman–Crippen LogP) is 3.85. The Balaban J connectivity index is 2.46. The van der Waals surface area contributed by atoms with Crippen molar-refractivity contribution in [3.8, 4) is 0 Å². The van der Waals surface area contributed by atoms with Gasteiger partial charge in [0.25, 0.3) is 0 Å². The lowest BCUT2D eigenvalue weighted by molar-refractivity contribution is 0.174. The summed E-state index contributed by atoms with van der Waals surface area (Å²) in [6.45, 7) is 4.48. The molecule has 21 heavy (non-hydrogen) atoms. The normalized spacial score (nSPS) is 14.9. The number of benzene rings is 1. The fourth-order valence-corrected chi connectivity index (χ4v) is 4.41. The van der Waals surface area contributed by atoms with Crippen molar-refractivity contribution in [3.63, 3.8) is 0 Å². The Labute approximate surface area is 134 Å². The van der Waals surface area contributed by atoms with E-state index in [1.807, 2.05) is 6.92 Å². The van der Waals surface area contributed by atoms with Gasteiger partial charge < -0.3 is 4.84 Å². The third-order valence-electron chi connectivity index (χ3n) is 3.61. The van der Waals surface area contributed by atoms with E-state index >= 15 is 0 Å². The zero-order chi connectivity index (χ0) is 15.5. The number of unbranched alkanes of at least 4 members (excludes halogenated alkanes) is 2. The van der Waals surface area contributed by atoms with E-state index in [0.29, 0.717) is 29.9 Å². The topological polar surface area (TPSA) is 55.7 Å². The molecule has 1 aliphatic rings. The molecule has 0 saturated carbocycles. The quantitative estimate of drug-likeness (QED) is 0.711. The van der Waals surface area contributed by atoms with E-state index in [9.17, 15) is 8.42 Å². The van der Waals surface area contributed by atoms with E-state index < -0.39 is 9.84 Å². The highest BCUT2D eigenvalue weighted by Crippen LogP contribution is 2.30. The number of hydrogen-bond acceptors (Lipinski definition) is 4. The first-order valence-electron chi connectivity index (χ1n) is 7.18. The lowest BCUT2D eigenvalue weighted by Gasteiger charge is -2.14. The van der Waals surface area contributed by atoms with Crippen LogP contribution in [0.15, 0.2) is 26.7 Å². The maximum Gasteiger partial charge on any atom is 0.179 e. The molecular formula is C15H20BrNO3S. The van der Waals surface area contributed by atoms with Gasteiger partial charge in [-0.05, 0) is 31.0 Å². The van der Waals surface area contributed by atoms with Crippen molar-refractivity contribution in [2.24, 2.45) is 5.16 Å². The molecule has 0 atom stereocenters. The zero-order valence-electron chi connectivity index (χ0n) is 12.4. The lowest BCUT2D eigenvalue weighted by atomic mass is 10.0. The summed E-state index contributed by atoms with van der Waals surface area (Å²) in [6.07, 6.45) is 3.27. The van der Waals surface area contributed by atoms with Crippen LogP contribution in [0.3, 0.4) is 0 Å². The molecule has 1 aliphatic heterocycles. The largest absolute Gasteiger partial charge is 0.395 e. The van der Waals surface area contributed by atoms with Gasteiger partial charge in [-0.2, -0.15) is 0 Å². The van der Waals surface area contributed by atoms with Gasteiger partial charge in [0.05, 0.1) is 16.4 Å². The van der Waals surface area contributed by atoms with Gasteiger partial charge >= 0.3 is 0 Å². The van der Waals surface area contributed by atoms with E-state index in [0.717, 1.165) is 28.6 Å². The number of hydrogen-bond donors (Lipinski definition) is 0. The number of oxime groups is 1. The fourth-order valence-electron chi connectivity index (χ4n) is 2.41. The first-order chi connectivity index (χ1) is 9.97. The molecule has 1 aromatic carbocycles. The Kier molecular flexibility index (Phi) is 5.43. The number of rotatable bonds is 6. The van der Waals surface area contributed by atoms with Gasteiger partial charge in [0.15, 0.2) is 9.84 Å². The van der Waals surface area contributed by atoms with Gasteiger partial charge in [-0.3, -0.25) is 0 Å². The minimum atomic E-state index is -3.30. The molecule has 0 bridgehead atoms. The molecule has 1 aromatic rings. The summed E-state index contributed by atoms with van der Waals surface area (Å²) in [7, 11) is -3.30. The van der Waals surface area contributed by atoms with Crippen LogP contribution in [0.25, 0.3) is 0 Å². The standard InChI is InChI=1S/C15H20BrNO3S/c1-3-4-5-10-21(18,19)14-7-6-12(16)11(2)15(14)13-8-9-20-17-13/h6-7H,3-5,8-10H2,1-2H3. The van der Waals surface area contributed by atoms with Crippen molar-refractivity contribution in [2.45, 2.75) is 44.4 Å². The van der Waals surface area contributed by atoms with E-state index in [-0.39, 0.29) is 5.75 Å². The van der Waals surface area contributed by atoms with Crippen LogP contribution in [-0.4, -0.2) is 26.5 Å². The van der Waals surface area contributed by atoms with E-state index in [4.69, 9.17) is 4.84 Å². The van der Waals surface area contributed by atoms with E-state index in [1.165, 1.54) is 0 Å². The second kappa shape index (κ2) is 6.92. The van der Waals surface area contributed by atoms with Crippen molar-refractivity contribution >= 4 is 31.5 Å². The second-order valence-corrected chi connectivity index (χ2v) is 8.12. The Morgan fingerprint density at radius 1 is 1.33 bits per heavy atom. The molecule has 0 N–H and O–H groups in total. The molecule has 0 fully saturated rings. The first-order valence-corrected chi connectivity index (χ1v) is 9.63. The minimum absolute atomic E-state index is 0.184. The van der Waals surface area contributed by atoms with Crippen molar-refractivity contribution < 1.29 is 13.3 Å². The van der Waals surface area contributed by atoms with Crippen LogP contribution in [0.4, 0.5) is 0 Å². The summed E-state index contributed by atoms with van der Waals surface area (Å²) >= 11 is 3.47. The predicted molar refractivity (Wildman–Crippen MR) is 87.6 cm³/mol. The molecule has 0 saturated heterocycles. The smallest absolute Gasteiger partial charge is 0.179 e. The fraction of sp³-hybridized carbons (Fsp3) is 0.533. The van der Waals surface area contributed by atoms with Crippen LogP contribution in [0.1, 0.15) is 43.7 Å². The number of nitrogens with zero attached hydrogens (tertiary/aromatic N) is 1. The average Bonchev–Trinajstić information content (AvgIpc) is 2.95. The van der Waals surface area contributed by atoms with Crippen LogP contribution in [-0.2, 0) is 14.7 Å².